The maximum atomic E-state index is 13.0. The van der Waals surface area contributed by atoms with E-state index in [1.54, 1.807) is 19.2 Å². The van der Waals surface area contributed by atoms with E-state index in [4.69, 9.17) is 16.3 Å². The maximum absolute atomic E-state index is 13.0. The maximum Gasteiger partial charge on any atom is 0.195 e. The summed E-state index contributed by atoms with van der Waals surface area (Å²) in [5.41, 5.74) is 0.765. The Hall–Kier alpha value is -1.63. The molecule has 0 saturated heterocycles. The summed E-state index contributed by atoms with van der Waals surface area (Å²) in [5, 5.41) is 1.74. The molecule has 0 bridgehead atoms. The first kappa shape index (κ1) is 15.3. The van der Waals surface area contributed by atoms with E-state index < -0.39 is 0 Å². The van der Waals surface area contributed by atoms with Gasteiger partial charge >= 0.3 is 0 Å². The number of benzene rings is 1. The van der Waals surface area contributed by atoms with Crippen LogP contribution < -0.4 is 0 Å². The molecule has 0 atom stereocenters. The van der Waals surface area contributed by atoms with Gasteiger partial charge in [0.2, 0.25) is 0 Å². The van der Waals surface area contributed by atoms with Gasteiger partial charge in [-0.25, -0.2) is 14.4 Å². The van der Waals surface area contributed by atoms with Crippen LogP contribution in [0.15, 0.2) is 46.6 Å². The van der Waals surface area contributed by atoms with E-state index in [1.165, 1.54) is 23.9 Å². The number of methoxy groups -OCH3 is 1. The first-order valence-corrected chi connectivity index (χ1v) is 7.81. The summed E-state index contributed by atoms with van der Waals surface area (Å²) in [6.45, 7) is 1.28. The van der Waals surface area contributed by atoms with Gasteiger partial charge in [0.05, 0.1) is 12.0 Å². The minimum Gasteiger partial charge on any atom is -0.383 e. The number of hydrogen-bond acceptors (Lipinski definition) is 4. The zero-order valence-corrected chi connectivity index (χ0v) is 13.4. The molecule has 0 amide bonds. The fourth-order valence-corrected chi connectivity index (χ4v) is 3.06. The van der Waals surface area contributed by atoms with Crippen molar-refractivity contribution in [3.63, 3.8) is 0 Å². The lowest BCUT2D eigenvalue weighted by Gasteiger charge is -2.06. The number of hydrogen-bond donors (Lipinski definition) is 0. The molecule has 0 aliphatic carbocycles. The van der Waals surface area contributed by atoms with Gasteiger partial charge in [-0.15, -0.1) is 0 Å². The largest absolute Gasteiger partial charge is 0.383 e. The summed E-state index contributed by atoms with van der Waals surface area (Å²) in [6, 6.07) is 8.07. The summed E-state index contributed by atoms with van der Waals surface area (Å²) in [7, 11) is 1.66. The molecule has 0 aliphatic heterocycles. The van der Waals surface area contributed by atoms with Crippen LogP contribution in [0.25, 0.3) is 11.0 Å². The second kappa shape index (κ2) is 6.64. The fourth-order valence-electron chi connectivity index (χ4n) is 2.03. The number of halogens is 2. The molecule has 0 aliphatic rings. The molecular weight excluding hydrogens is 325 g/mol. The number of aromatic nitrogens is 3. The van der Waals surface area contributed by atoms with Crippen LogP contribution in [0.5, 0.6) is 0 Å². The molecule has 114 valence electrons. The van der Waals surface area contributed by atoms with Crippen molar-refractivity contribution in [1.82, 2.24) is 14.5 Å². The van der Waals surface area contributed by atoms with E-state index in [0.717, 1.165) is 15.9 Å². The Morgan fingerprint density at radius 1 is 1.23 bits per heavy atom. The van der Waals surface area contributed by atoms with Gasteiger partial charge in [0.15, 0.2) is 5.16 Å². The summed E-state index contributed by atoms with van der Waals surface area (Å²) in [5.74, 6) is -0.271. The number of ether oxygens (including phenoxy) is 1. The molecule has 0 fully saturated rings. The van der Waals surface area contributed by atoms with Crippen molar-refractivity contribution in [2.45, 2.75) is 16.6 Å². The van der Waals surface area contributed by atoms with Gasteiger partial charge in [0.25, 0.3) is 0 Å². The van der Waals surface area contributed by atoms with Crippen LogP contribution in [0.3, 0.4) is 0 Å². The molecule has 22 heavy (non-hydrogen) atoms. The summed E-state index contributed by atoms with van der Waals surface area (Å²) < 4.78 is 20.0. The molecule has 0 radical (unpaired) electrons. The van der Waals surface area contributed by atoms with Gasteiger partial charge in [-0.1, -0.05) is 11.6 Å². The molecule has 2 aromatic heterocycles. The van der Waals surface area contributed by atoms with Crippen LogP contribution in [0, 0.1) is 5.82 Å². The zero-order chi connectivity index (χ0) is 15.5. The lowest BCUT2D eigenvalue weighted by molar-refractivity contribution is 0.188. The van der Waals surface area contributed by atoms with E-state index in [0.29, 0.717) is 23.5 Å². The standard InChI is InChI=1S/C15H13ClFN3OS/c1-21-9-8-20-7-6-12-13(16)18-15(19-14(12)20)22-11-4-2-10(17)3-5-11/h2-7H,8-9H2,1H3. The van der Waals surface area contributed by atoms with Crippen molar-refractivity contribution in [2.24, 2.45) is 0 Å². The molecule has 0 spiro atoms. The third kappa shape index (κ3) is 3.24. The van der Waals surface area contributed by atoms with Gasteiger partial charge < -0.3 is 9.30 Å². The van der Waals surface area contributed by atoms with Crippen LogP contribution in [0.4, 0.5) is 4.39 Å². The SMILES string of the molecule is COCCn1ccc2c(Cl)nc(Sc3ccc(F)cc3)nc21. The Labute approximate surface area is 136 Å². The van der Waals surface area contributed by atoms with Crippen LogP contribution in [-0.4, -0.2) is 28.3 Å². The van der Waals surface area contributed by atoms with E-state index in [9.17, 15) is 4.39 Å². The van der Waals surface area contributed by atoms with E-state index in [2.05, 4.69) is 9.97 Å². The van der Waals surface area contributed by atoms with E-state index in [1.807, 2.05) is 16.8 Å². The van der Waals surface area contributed by atoms with Gasteiger partial charge in [0.1, 0.15) is 16.6 Å². The van der Waals surface area contributed by atoms with Crippen LogP contribution >= 0.6 is 23.4 Å². The van der Waals surface area contributed by atoms with E-state index in [-0.39, 0.29) is 5.82 Å². The summed E-state index contributed by atoms with van der Waals surface area (Å²) in [6.07, 6.45) is 1.91. The Balaban J connectivity index is 1.94. The number of fused-ring (bicyclic) bond motifs is 1. The second-order valence-corrected chi connectivity index (χ2v) is 5.99. The fraction of sp³-hybridized carbons (Fsp3) is 0.200. The molecule has 3 aromatic rings. The normalized spacial score (nSPS) is 11.2. The summed E-state index contributed by atoms with van der Waals surface area (Å²) >= 11 is 7.58. The van der Waals surface area contributed by atoms with E-state index >= 15 is 0 Å². The molecule has 4 nitrogen and oxygen atoms in total. The highest BCUT2D eigenvalue weighted by molar-refractivity contribution is 7.99. The van der Waals surface area contributed by atoms with Crippen molar-refractivity contribution in [2.75, 3.05) is 13.7 Å². The van der Waals surface area contributed by atoms with Crippen LogP contribution in [-0.2, 0) is 11.3 Å². The average Bonchev–Trinajstić information content (AvgIpc) is 2.91. The third-order valence-electron chi connectivity index (χ3n) is 3.11. The smallest absolute Gasteiger partial charge is 0.195 e. The second-order valence-electron chi connectivity index (χ2n) is 4.59. The Morgan fingerprint density at radius 3 is 2.73 bits per heavy atom. The van der Waals surface area contributed by atoms with Crippen molar-refractivity contribution in [3.8, 4) is 0 Å². The predicted octanol–water partition coefficient (Wildman–Crippen LogP) is 4.02. The lowest BCUT2D eigenvalue weighted by atomic mass is 10.4. The molecular formula is C15H13ClFN3OS. The highest BCUT2D eigenvalue weighted by Crippen LogP contribution is 2.29. The van der Waals surface area contributed by atoms with Crippen molar-refractivity contribution in [3.05, 3.63) is 47.5 Å². The zero-order valence-electron chi connectivity index (χ0n) is 11.8. The monoisotopic (exact) mass is 337 g/mol. The highest BCUT2D eigenvalue weighted by atomic mass is 35.5. The van der Waals surface area contributed by atoms with Gasteiger partial charge in [-0.05, 0) is 42.1 Å². The Kier molecular flexibility index (Phi) is 4.61. The van der Waals surface area contributed by atoms with Gasteiger partial charge in [-0.2, -0.15) is 0 Å². The van der Waals surface area contributed by atoms with Crippen molar-refractivity contribution >= 4 is 34.4 Å². The molecule has 0 unspecified atom stereocenters. The first-order valence-electron chi connectivity index (χ1n) is 6.62. The topological polar surface area (TPSA) is 39.9 Å². The highest BCUT2D eigenvalue weighted by Gasteiger charge is 2.11. The molecule has 0 N–H and O–H groups in total. The summed E-state index contributed by atoms with van der Waals surface area (Å²) in [4.78, 5) is 9.69. The Morgan fingerprint density at radius 2 is 2.00 bits per heavy atom. The molecule has 0 saturated carbocycles. The first-order chi connectivity index (χ1) is 10.7. The van der Waals surface area contributed by atoms with Crippen molar-refractivity contribution in [1.29, 1.82) is 0 Å². The lowest BCUT2D eigenvalue weighted by Crippen LogP contribution is -2.04. The molecule has 7 heteroatoms. The molecule has 2 heterocycles. The van der Waals surface area contributed by atoms with Gasteiger partial charge in [0, 0.05) is 24.7 Å². The molecule has 1 aromatic carbocycles. The van der Waals surface area contributed by atoms with Crippen LogP contribution in [0.2, 0.25) is 5.15 Å². The predicted molar refractivity (Wildman–Crippen MR) is 84.9 cm³/mol. The quantitative estimate of drug-likeness (QED) is 0.520. The third-order valence-corrected chi connectivity index (χ3v) is 4.27. The number of rotatable bonds is 5. The minimum absolute atomic E-state index is 0.271. The van der Waals surface area contributed by atoms with Gasteiger partial charge in [-0.3, -0.25) is 0 Å². The minimum atomic E-state index is -0.271. The van der Waals surface area contributed by atoms with Crippen LogP contribution in [0.1, 0.15) is 0 Å². The molecule has 3 rings (SSSR count). The van der Waals surface area contributed by atoms with Crippen molar-refractivity contribution < 1.29 is 9.13 Å². The number of nitrogens with zero attached hydrogens (tertiary/aromatic N) is 3. The average molecular weight is 338 g/mol. The Bertz CT molecular complexity index is 791.